The topological polar surface area (TPSA) is 70.8 Å². The zero-order valence-electron chi connectivity index (χ0n) is 13.0. The Kier molecular flexibility index (Phi) is 5.37. The van der Waals surface area contributed by atoms with Gasteiger partial charge in [0.15, 0.2) is 0 Å². The molecule has 0 heterocycles. The number of hydrogen-bond acceptors (Lipinski definition) is 5. The quantitative estimate of drug-likeness (QED) is 0.783. The first-order chi connectivity index (χ1) is 10.4. The second-order valence-electron chi connectivity index (χ2n) is 5.57. The van der Waals surface area contributed by atoms with Gasteiger partial charge in [-0.25, -0.2) is 4.39 Å². The van der Waals surface area contributed by atoms with Crippen LogP contribution in [0.5, 0.6) is 5.75 Å². The highest BCUT2D eigenvalue weighted by Crippen LogP contribution is 2.37. The molecule has 2 N–H and O–H groups in total. The average Bonchev–Trinajstić information content (AvgIpc) is 3.28. The van der Waals surface area contributed by atoms with Crippen molar-refractivity contribution in [1.82, 2.24) is 0 Å². The van der Waals surface area contributed by atoms with Crippen molar-refractivity contribution >= 4 is 5.97 Å². The fraction of sp³-hybridized carbons (Fsp3) is 0.562. The van der Waals surface area contributed by atoms with Crippen LogP contribution in [0.3, 0.4) is 0 Å². The van der Waals surface area contributed by atoms with Crippen molar-refractivity contribution in [1.29, 1.82) is 0 Å². The molecular weight excluding hydrogens is 289 g/mol. The molecule has 1 saturated carbocycles. The molecular formula is C16H22FNO4. The molecule has 0 unspecified atom stereocenters. The van der Waals surface area contributed by atoms with Crippen LogP contribution in [-0.2, 0) is 14.3 Å². The number of benzene rings is 1. The maximum absolute atomic E-state index is 13.4. The van der Waals surface area contributed by atoms with Gasteiger partial charge in [0.25, 0.3) is 0 Å². The molecule has 2 rings (SSSR count). The predicted octanol–water partition coefficient (Wildman–Crippen LogP) is 2.33. The Hall–Kier alpha value is -1.66. The largest absolute Gasteiger partial charge is 0.496 e. The second kappa shape index (κ2) is 7.07. The van der Waals surface area contributed by atoms with Crippen LogP contribution >= 0.6 is 0 Å². The van der Waals surface area contributed by atoms with Crippen molar-refractivity contribution < 1.29 is 23.4 Å². The Bertz CT molecular complexity index is 531. The number of nitrogens with two attached hydrogens (primary N) is 1. The smallest absolute Gasteiger partial charge is 0.322 e. The molecule has 1 aromatic rings. The van der Waals surface area contributed by atoms with Crippen molar-refractivity contribution in [3.05, 3.63) is 29.6 Å². The number of methoxy groups -OCH3 is 1. The molecule has 0 saturated heterocycles. The van der Waals surface area contributed by atoms with Crippen LogP contribution < -0.4 is 10.5 Å². The van der Waals surface area contributed by atoms with Gasteiger partial charge in [-0.3, -0.25) is 4.79 Å². The van der Waals surface area contributed by atoms with Crippen molar-refractivity contribution in [3.63, 3.8) is 0 Å². The Morgan fingerprint density at radius 1 is 1.36 bits per heavy atom. The number of hydrogen-bond donors (Lipinski definition) is 1. The lowest BCUT2D eigenvalue weighted by molar-refractivity contribution is -0.158. The molecule has 1 fully saturated rings. The summed E-state index contributed by atoms with van der Waals surface area (Å²) in [5.74, 6) is -0.529. The van der Waals surface area contributed by atoms with E-state index in [0.717, 1.165) is 12.8 Å². The molecule has 1 aliphatic rings. The number of rotatable bonds is 7. The summed E-state index contributed by atoms with van der Waals surface area (Å²) >= 11 is 0. The molecule has 1 aromatic carbocycles. The molecule has 0 spiro atoms. The van der Waals surface area contributed by atoms with E-state index in [9.17, 15) is 9.18 Å². The first-order valence-corrected chi connectivity index (χ1v) is 7.37. The number of esters is 1. The fourth-order valence-corrected chi connectivity index (χ4v) is 2.12. The first-order valence-electron chi connectivity index (χ1n) is 7.37. The third-order valence-corrected chi connectivity index (χ3v) is 3.47. The van der Waals surface area contributed by atoms with Gasteiger partial charge in [0, 0.05) is 11.6 Å². The highest BCUT2D eigenvalue weighted by molar-refractivity contribution is 5.75. The molecule has 122 valence electrons. The third kappa shape index (κ3) is 4.18. The first kappa shape index (κ1) is 16.7. The van der Waals surface area contributed by atoms with Crippen LogP contribution in [-0.4, -0.2) is 31.3 Å². The maximum atomic E-state index is 13.4. The Balaban J connectivity index is 2.23. The van der Waals surface area contributed by atoms with Gasteiger partial charge in [0.1, 0.15) is 29.8 Å². The highest BCUT2D eigenvalue weighted by Gasteiger charge is 2.34. The summed E-state index contributed by atoms with van der Waals surface area (Å²) in [4.78, 5) is 11.7. The van der Waals surface area contributed by atoms with Crippen LogP contribution in [0.25, 0.3) is 0 Å². The Morgan fingerprint density at radius 2 is 2.05 bits per heavy atom. The summed E-state index contributed by atoms with van der Waals surface area (Å²) in [6.07, 6.45) is 0.988. The van der Waals surface area contributed by atoms with Gasteiger partial charge < -0.3 is 19.9 Å². The molecule has 0 aromatic heterocycles. The third-order valence-electron chi connectivity index (χ3n) is 3.47. The highest BCUT2D eigenvalue weighted by atomic mass is 19.1. The SMILES string of the molecule is COc1cc(F)ccc1[C@@H](OC1CC1)[C@H](C)OC(=O)[C@H](C)N. The zero-order valence-corrected chi connectivity index (χ0v) is 13.0. The normalized spacial score (nSPS) is 18.4. The summed E-state index contributed by atoms with van der Waals surface area (Å²) in [6, 6.07) is 3.51. The standard InChI is InChI=1S/C16H22FNO4/c1-9(18)16(19)21-10(2)15(22-12-5-6-12)13-7-4-11(17)8-14(13)20-3/h4,7-10,12,15H,5-6,18H2,1-3H3/t9-,10-,15-/m0/s1. The maximum Gasteiger partial charge on any atom is 0.322 e. The van der Waals surface area contributed by atoms with Gasteiger partial charge in [-0.1, -0.05) is 0 Å². The number of ether oxygens (including phenoxy) is 3. The van der Waals surface area contributed by atoms with Crippen molar-refractivity contribution in [3.8, 4) is 5.75 Å². The van der Waals surface area contributed by atoms with E-state index in [1.54, 1.807) is 19.9 Å². The lowest BCUT2D eigenvalue weighted by Crippen LogP contribution is -2.34. The minimum Gasteiger partial charge on any atom is -0.496 e. The minimum atomic E-state index is -0.709. The van der Waals surface area contributed by atoms with E-state index in [4.69, 9.17) is 19.9 Å². The van der Waals surface area contributed by atoms with E-state index in [2.05, 4.69) is 0 Å². The van der Waals surface area contributed by atoms with E-state index in [0.29, 0.717) is 11.3 Å². The molecule has 6 heteroatoms. The molecule has 1 aliphatic carbocycles. The lowest BCUT2D eigenvalue weighted by Gasteiger charge is -2.26. The zero-order chi connectivity index (χ0) is 16.3. The summed E-state index contributed by atoms with van der Waals surface area (Å²) in [5, 5.41) is 0. The van der Waals surface area contributed by atoms with Crippen LogP contribution in [0.2, 0.25) is 0 Å². The summed E-state index contributed by atoms with van der Waals surface area (Å²) in [6.45, 7) is 3.29. The van der Waals surface area contributed by atoms with Crippen LogP contribution in [0.4, 0.5) is 4.39 Å². The number of carbonyl (C=O) groups excluding carboxylic acids is 1. The van der Waals surface area contributed by atoms with E-state index in [1.807, 2.05) is 0 Å². The van der Waals surface area contributed by atoms with Crippen LogP contribution in [0, 0.1) is 5.82 Å². The Morgan fingerprint density at radius 3 is 2.59 bits per heavy atom. The summed E-state index contributed by atoms with van der Waals surface area (Å²) in [7, 11) is 1.46. The van der Waals surface area contributed by atoms with Gasteiger partial charge in [0.05, 0.1) is 13.2 Å². The van der Waals surface area contributed by atoms with Gasteiger partial charge in [-0.05, 0) is 38.8 Å². The van der Waals surface area contributed by atoms with Gasteiger partial charge in [-0.2, -0.15) is 0 Å². The second-order valence-corrected chi connectivity index (χ2v) is 5.57. The molecule has 0 amide bonds. The molecule has 0 radical (unpaired) electrons. The molecule has 22 heavy (non-hydrogen) atoms. The minimum absolute atomic E-state index is 0.135. The molecule has 3 atom stereocenters. The summed E-state index contributed by atoms with van der Waals surface area (Å²) < 4.78 is 29.9. The van der Waals surface area contributed by atoms with Gasteiger partial charge in [0.2, 0.25) is 0 Å². The van der Waals surface area contributed by atoms with E-state index >= 15 is 0 Å². The van der Waals surface area contributed by atoms with E-state index in [1.165, 1.54) is 19.2 Å². The van der Waals surface area contributed by atoms with Gasteiger partial charge in [-0.15, -0.1) is 0 Å². The average molecular weight is 311 g/mol. The van der Waals surface area contributed by atoms with Gasteiger partial charge >= 0.3 is 5.97 Å². The number of carbonyl (C=O) groups is 1. The number of halogens is 1. The van der Waals surface area contributed by atoms with E-state index < -0.39 is 30.0 Å². The van der Waals surface area contributed by atoms with E-state index in [-0.39, 0.29) is 6.10 Å². The van der Waals surface area contributed by atoms with Crippen LogP contribution in [0.15, 0.2) is 18.2 Å². The fourth-order valence-electron chi connectivity index (χ4n) is 2.12. The summed E-state index contributed by atoms with van der Waals surface area (Å²) in [5.41, 5.74) is 6.18. The Labute approximate surface area is 129 Å². The van der Waals surface area contributed by atoms with Crippen molar-refractivity contribution in [2.45, 2.75) is 51.0 Å². The molecule has 0 bridgehead atoms. The van der Waals surface area contributed by atoms with Crippen molar-refractivity contribution in [2.75, 3.05) is 7.11 Å². The van der Waals surface area contributed by atoms with Crippen molar-refractivity contribution in [2.24, 2.45) is 5.73 Å². The lowest BCUT2D eigenvalue weighted by atomic mass is 10.0. The van der Waals surface area contributed by atoms with Crippen LogP contribution in [0.1, 0.15) is 38.4 Å². The molecule has 5 nitrogen and oxygen atoms in total. The predicted molar refractivity (Wildman–Crippen MR) is 79.0 cm³/mol. The molecule has 0 aliphatic heterocycles. The monoisotopic (exact) mass is 311 g/mol.